The summed E-state index contributed by atoms with van der Waals surface area (Å²) >= 11 is 5.84. The number of hydrogen-bond donors (Lipinski definition) is 0. The molecule has 0 amide bonds. The fraction of sp³-hybridized carbons (Fsp3) is 0.400. The zero-order valence-corrected chi connectivity index (χ0v) is 9.09. The number of aromatic nitrogens is 2. The van der Waals surface area contributed by atoms with Crippen molar-refractivity contribution >= 4 is 11.6 Å². The Morgan fingerprint density at radius 1 is 1.36 bits per heavy atom. The molecule has 0 bridgehead atoms. The second-order valence-corrected chi connectivity index (χ2v) is 3.28. The summed E-state index contributed by atoms with van der Waals surface area (Å²) in [7, 11) is 0. The van der Waals surface area contributed by atoms with Crippen molar-refractivity contribution in [3.63, 3.8) is 0 Å². The molecule has 1 atom stereocenters. The number of ether oxygens (including phenoxy) is 1. The number of aryl methyl sites for hydroxylation is 2. The highest BCUT2D eigenvalue weighted by molar-refractivity contribution is 6.30. The summed E-state index contributed by atoms with van der Waals surface area (Å²) in [5, 5.41) is 0.246. The van der Waals surface area contributed by atoms with E-state index in [1.165, 1.54) is 0 Å². The van der Waals surface area contributed by atoms with Crippen LogP contribution in [-0.4, -0.2) is 16.1 Å². The molecule has 0 radical (unpaired) electrons. The standard InChI is InChI=1S/C10H11ClN2O/c1-5-6(2)14-10-9(11)12-7(3)8(4)13-10/h1,6H,2-4H3. The molecule has 1 unspecified atom stereocenters. The Hall–Kier alpha value is -1.27. The molecule has 0 aliphatic carbocycles. The Bertz CT molecular complexity index is 384. The first-order chi connectivity index (χ1) is 6.54. The van der Waals surface area contributed by atoms with E-state index in [0.29, 0.717) is 5.88 Å². The summed E-state index contributed by atoms with van der Waals surface area (Å²) in [5.41, 5.74) is 1.57. The molecule has 0 aliphatic heterocycles. The molecule has 0 saturated heterocycles. The van der Waals surface area contributed by atoms with Gasteiger partial charge in [-0.2, -0.15) is 0 Å². The van der Waals surface area contributed by atoms with E-state index >= 15 is 0 Å². The first-order valence-corrected chi connectivity index (χ1v) is 4.56. The van der Waals surface area contributed by atoms with Gasteiger partial charge in [0.25, 0.3) is 5.88 Å². The molecule has 3 nitrogen and oxygen atoms in total. The highest BCUT2D eigenvalue weighted by atomic mass is 35.5. The Labute approximate surface area is 88.5 Å². The Balaban J connectivity index is 2.99. The molecule has 0 saturated carbocycles. The van der Waals surface area contributed by atoms with Crippen LogP contribution in [0, 0.1) is 26.2 Å². The van der Waals surface area contributed by atoms with Gasteiger partial charge in [0.1, 0.15) is 0 Å². The Kier molecular flexibility index (Phi) is 3.32. The van der Waals surface area contributed by atoms with Crippen molar-refractivity contribution in [1.82, 2.24) is 9.97 Å². The van der Waals surface area contributed by atoms with Crippen molar-refractivity contribution in [3.8, 4) is 18.2 Å². The van der Waals surface area contributed by atoms with Gasteiger partial charge in [-0.15, -0.1) is 6.42 Å². The molecule has 74 valence electrons. The van der Waals surface area contributed by atoms with E-state index < -0.39 is 0 Å². The minimum atomic E-state index is -0.357. The predicted molar refractivity (Wildman–Crippen MR) is 55.4 cm³/mol. The van der Waals surface area contributed by atoms with Crippen molar-refractivity contribution in [2.75, 3.05) is 0 Å². The summed E-state index contributed by atoms with van der Waals surface area (Å²) < 4.78 is 5.29. The zero-order chi connectivity index (χ0) is 10.7. The molecule has 0 N–H and O–H groups in total. The van der Waals surface area contributed by atoms with Crippen LogP contribution in [0.15, 0.2) is 0 Å². The van der Waals surface area contributed by atoms with E-state index in [-0.39, 0.29) is 11.3 Å². The van der Waals surface area contributed by atoms with Crippen molar-refractivity contribution in [3.05, 3.63) is 16.5 Å². The lowest BCUT2D eigenvalue weighted by Crippen LogP contribution is -2.11. The molecular formula is C10H11ClN2O. The second-order valence-electron chi connectivity index (χ2n) is 2.92. The molecule has 0 aliphatic rings. The van der Waals surface area contributed by atoms with Gasteiger partial charge < -0.3 is 4.74 Å². The van der Waals surface area contributed by atoms with Gasteiger partial charge in [-0.3, -0.25) is 0 Å². The fourth-order valence-electron chi connectivity index (χ4n) is 0.832. The molecule has 1 heterocycles. The highest BCUT2D eigenvalue weighted by Gasteiger charge is 2.10. The third-order valence-electron chi connectivity index (χ3n) is 1.76. The largest absolute Gasteiger partial charge is 0.459 e. The highest BCUT2D eigenvalue weighted by Crippen LogP contribution is 2.21. The molecular weight excluding hydrogens is 200 g/mol. The fourth-order valence-corrected chi connectivity index (χ4v) is 1.05. The first-order valence-electron chi connectivity index (χ1n) is 4.18. The van der Waals surface area contributed by atoms with Crippen LogP contribution in [0.5, 0.6) is 5.88 Å². The number of terminal acetylenes is 1. The van der Waals surface area contributed by atoms with Gasteiger partial charge in [-0.05, 0) is 20.8 Å². The molecule has 1 aromatic heterocycles. The van der Waals surface area contributed by atoms with Crippen LogP contribution in [0.25, 0.3) is 0 Å². The maximum Gasteiger partial charge on any atom is 0.253 e. The SMILES string of the molecule is C#CC(C)Oc1nc(C)c(C)nc1Cl. The maximum atomic E-state index is 5.84. The van der Waals surface area contributed by atoms with Crippen molar-refractivity contribution in [2.24, 2.45) is 0 Å². The summed E-state index contributed by atoms with van der Waals surface area (Å²) in [5.74, 6) is 2.72. The monoisotopic (exact) mass is 210 g/mol. The van der Waals surface area contributed by atoms with Gasteiger partial charge in [0.2, 0.25) is 0 Å². The minimum absolute atomic E-state index is 0.246. The van der Waals surface area contributed by atoms with E-state index in [1.54, 1.807) is 6.92 Å². The summed E-state index contributed by atoms with van der Waals surface area (Å²) in [6, 6.07) is 0. The van der Waals surface area contributed by atoms with E-state index in [2.05, 4.69) is 15.9 Å². The lowest BCUT2D eigenvalue weighted by molar-refractivity contribution is 0.266. The second kappa shape index (κ2) is 4.30. The normalized spacial score (nSPS) is 11.9. The smallest absolute Gasteiger partial charge is 0.253 e. The van der Waals surface area contributed by atoms with E-state index in [1.807, 2.05) is 13.8 Å². The van der Waals surface area contributed by atoms with E-state index in [9.17, 15) is 0 Å². The van der Waals surface area contributed by atoms with Gasteiger partial charge in [0.05, 0.1) is 11.4 Å². The van der Waals surface area contributed by atoms with Crippen molar-refractivity contribution < 1.29 is 4.74 Å². The molecule has 4 heteroatoms. The van der Waals surface area contributed by atoms with Gasteiger partial charge in [0, 0.05) is 0 Å². The van der Waals surface area contributed by atoms with Crippen LogP contribution in [-0.2, 0) is 0 Å². The van der Waals surface area contributed by atoms with Crippen LogP contribution in [0.4, 0.5) is 0 Å². The van der Waals surface area contributed by atoms with Gasteiger partial charge in [0.15, 0.2) is 11.3 Å². The lowest BCUT2D eigenvalue weighted by atomic mass is 10.3. The van der Waals surface area contributed by atoms with Crippen molar-refractivity contribution in [2.45, 2.75) is 26.9 Å². The van der Waals surface area contributed by atoms with Crippen LogP contribution in [0.3, 0.4) is 0 Å². The Morgan fingerprint density at radius 2 is 1.93 bits per heavy atom. The lowest BCUT2D eigenvalue weighted by Gasteiger charge is -2.10. The first kappa shape index (κ1) is 10.8. The van der Waals surface area contributed by atoms with Crippen LogP contribution in [0.2, 0.25) is 5.15 Å². The van der Waals surface area contributed by atoms with Gasteiger partial charge >= 0.3 is 0 Å². The predicted octanol–water partition coefficient (Wildman–Crippen LogP) is 2.15. The molecule has 0 spiro atoms. The molecule has 1 rings (SSSR count). The minimum Gasteiger partial charge on any atom is -0.459 e. The number of halogens is 1. The van der Waals surface area contributed by atoms with Crippen LogP contribution >= 0.6 is 11.6 Å². The van der Waals surface area contributed by atoms with Crippen LogP contribution in [0.1, 0.15) is 18.3 Å². The summed E-state index contributed by atoms with van der Waals surface area (Å²) in [6.45, 7) is 5.42. The number of hydrogen-bond acceptors (Lipinski definition) is 3. The molecule has 14 heavy (non-hydrogen) atoms. The molecule has 0 fully saturated rings. The number of rotatable bonds is 2. The van der Waals surface area contributed by atoms with E-state index in [4.69, 9.17) is 22.8 Å². The number of nitrogens with zero attached hydrogens (tertiary/aromatic N) is 2. The van der Waals surface area contributed by atoms with Crippen molar-refractivity contribution in [1.29, 1.82) is 0 Å². The average Bonchev–Trinajstić information content (AvgIpc) is 2.14. The average molecular weight is 211 g/mol. The van der Waals surface area contributed by atoms with E-state index in [0.717, 1.165) is 11.4 Å². The van der Waals surface area contributed by atoms with Crippen LogP contribution < -0.4 is 4.74 Å². The molecule has 1 aromatic rings. The summed E-state index contributed by atoms with van der Waals surface area (Å²) in [6.07, 6.45) is 4.81. The van der Waals surface area contributed by atoms with Gasteiger partial charge in [-0.25, -0.2) is 9.97 Å². The quantitative estimate of drug-likeness (QED) is 0.702. The van der Waals surface area contributed by atoms with Gasteiger partial charge in [-0.1, -0.05) is 17.5 Å². The third kappa shape index (κ3) is 2.36. The topological polar surface area (TPSA) is 35.0 Å². The summed E-state index contributed by atoms with van der Waals surface area (Å²) in [4.78, 5) is 8.22. The molecule has 0 aromatic carbocycles. The zero-order valence-electron chi connectivity index (χ0n) is 8.34. The Morgan fingerprint density at radius 3 is 2.50 bits per heavy atom. The third-order valence-corrected chi connectivity index (χ3v) is 2.00. The maximum absolute atomic E-state index is 5.84.